The summed E-state index contributed by atoms with van der Waals surface area (Å²) in [5.41, 5.74) is 3.84. The van der Waals surface area contributed by atoms with Gasteiger partial charge in [-0.25, -0.2) is 0 Å². The van der Waals surface area contributed by atoms with Crippen LogP contribution < -0.4 is 11.3 Å². The number of nitrogens with two attached hydrogens (primary N) is 1. The van der Waals surface area contributed by atoms with Crippen molar-refractivity contribution in [3.8, 4) is 0 Å². The van der Waals surface area contributed by atoms with E-state index in [1.807, 2.05) is 0 Å². The van der Waals surface area contributed by atoms with Crippen LogP contribution in [0, 0.1) is 0 Å². The first-order chi connectivity index (χ1) is 7.82. The van der Waals surface area contributed by atoms with E-state index >= 15 is 0 Å². The molecule has 1 aliphatic heterocycles. The molecule has 1 unspecified atom stereocenters. The molecule has 1 aromatic heterocycles. The van der Waals surface area contributed by atoms with Gasteiger partial charge < -0.3 is 9.47 Å². The average Bonchev–Trinajstić information content (AvgIpc) is 2.85. The van der Waals surface area contributed by atoms with E-state index in [0.29, 0.717) is 0 Å². The van der Waals surface area contributed by atoms with Crippen LogP contribution in [0.5, 0.6) is 0 Å². The van der Waals surface area contributed by atoms with Crippen LogP contribution >= 0.6 is 11.3 Å². The standard InChI is InChI=1S/C11H18N2O2S/c1-14-11(3-5-15-6-4-11)10(13-12)9-2-7-16-8-9/h2,7-8,10,13H,3-6,12H2,1H3. The van der Waals surface area contributed by atoms with Gasteiger partial charge in [0.25, 0.3) is 0 Å². The first-order valence-corrected chi connectivity index (χ1v) is 6.38. The quantitative estimate of drug-likeness (QED) is 0.620. The molecule has 4 nitrogen and oxygen atoms in total. The number of methoxy groups -OCH3 is 1. The Morgan fingerprint density at radius 3 is 2.81 bits per heavy atom. The van der Waals surface area contributed by atoms with Gasteiger partial charge in [-0.3, -0.25) is 11.3 Å². The number of rotatable bonds is 4. The summed E-state index contributed by atoms with van der Waals surface area (Å²) in [6, 6.07) is 2.12. The molecule has 1 atom stereocenters. The zero-order valence-electron chi connectivity index (χ0n) is 9.44. The fourth-order valence-corrected chi connectivity index (χ4v) is 3.00. The van der Waals surface area contributed by atoms with Gasteiger partial charge in [-0.15, -0.1) is 0 Å². The highest BCUT2D eigenvalue weighted by molar-refractivity contribution is 7.07. The number of hydrazine groups is 1. The van der Waals surface area contributed by atoms with Crippen molar-refractivity contribution in [1.29, 1.82) is 0 Å². The molecular weight excluding hydrogens is 224 g/mol. The van der Waals surface area contributed by atoms with Gasteiger partial charge in [0.15, 0.2) is 0 Å². The summed E-state index contributed by atoms with van der Waals surface area (Å²) in [6.45, 7) is 1.46. The first kappa shape index (κ1) is 12.0. The maximum atomic E-state index is 5.74. The van der Waals surface area contributed by atoms with Crippen LogP contribution in [0.4, 0.5) is 0 Å². The maximum absolute atomic E-state index is 5.74. The molecule has 0 radical (unpaired) electrons. The van der Waals surface area contributed by atoms with Crippen LogP contribution in [0.15, 0.2) is 16.8 Å². The molecule has 0 spiro atoms. The normalized spacial score (nSPS) is 21.9. The smallest absolute Gasteiger partial charge is 0.0929 e. The molecule has 5 heteroatoms. The third-order valence-corrected chi connectivity index (χ3v) is 4.02. The molecule has 1 aliphatic rings. The van der Waals surface area contributed by atoms with Gasteiger partial charge in [-0.1, -0.05) is 0 Å². The number of nitrogens with one attached hydrogen (secondary N) is 1. The summed E-state index contributed by atoms with van der Waals surface area (Å²) in [4.78, 5) is 0. The number of hydrogen-bond donors (Lipinski definition) is 2. The lowest BCUT2D eigenvalue weighted by Gasteiger charge is -2.41. The molecule has 0 bridgehead atoms. The molecule has 0 amide bonds. The molecule has 3 N–H and O–H groups in total. The van der Waals surface area contributed by atoms with Crippen LogP contribution in [0.1, 0.15) is 24.4 Å². The highest BCUT2D eigenvalue weighted by Crippen LogP contribution is 2.37. The number of thiophene rings is 1. The summed E-state index contributed by atoms with van der Waals surface area (Å²) >= 11 is 1.67. The van der Waals surface area contributed by atoms with E-state index in [2.05, 4.69) is 22.3 Å². The highest BCUT2D eigenvalue weighted by Gasteiger charge is 2.41. The Bertz CT molecular complexity index is 310. The number of ether oxygens (including phenoxy) is 2. The molecule has 2 rings (SSSR count). The molecule has 0 aliphatic carbocycles. The zero-order valence-corrected chi connectivity index (χ0v) is 10.3. The Labute approximate surface area is 99.7 Å². The molecule has 16 heavy (non-hydrogen) atoms. The predicted molar refractivity (Wildman–Crippen MR) is 64.2 cm³/mol. The molecule has 90 valence electrons. The van der Waals surface area contributed by atoms with Crippen molar-refractivity contribution >= 4 is 11.3 Å². The average molecular weight is 242 g/mol. The summed E-state index contributed by atoms with van der Waals surface area (Å²) in [6.07, 6.45) is 1.74. The zero-order chi connectivity index (χ0) is 11.4. The van der Waals surface area contributed by atoms with Crippen LogP contribution in [0.3, 0.4) is 0 Å². The summed E-state index contributed by atoms with van der Waals surface area (Å²) in [5, 5.41) is 4.17. The van der Waals surface area contributed by atoms with E-state index in [4.69, 9.17) is 15.3 Å². The molecular formula is C11H18N2O2S. The lowest BCUT2D eigenvalue weighted by molar-refractivity contribution is -0.111. The van der Waals surface area contributed by atoms with Crippen LogP contribution in [-0.4, -0.2) is 25.9 Å². The third kappa shape index (κ3) is 2.14. The Kier molecular flexibility index (Phi) is 3.94. The minimum atomic E-state index is -0.242. The van der Waals surface area contributed by atoms with Crippen molar-refractivity contribution in [3.05, 3.63) is 22.4 Å². The van der Waals surface area contributed by atoms with Crippen molar-refractivity contribution in [2.45, 2.75) is 24.5 Å². The van der Waals surface area contributed by atoms with Gasteiger partial charge in [0.05, 0.1) is 11.6 Å². The van der Waals surface area contributed by atoms with E-state index in [-0.39, 0.29) is 11.6 Å². The van der Waals surface area contributed by atoms with Crippen LogP contribution in [0.2, 0.25) is 0 Å². The summed E-state index contributed by atoms with van der Waals surface area (Å²) in [7, 11) is 1.75. The predicted octanol–water partition coefficient (Wildman–Crippen LogP) is 1.45. The van der Waals surface area contributed by atoms with Gasteiger partial charge in [0.2, 0.25) is 0 Å². The summed E-state index contributed by atoms with van der Waals surface area (Å²) < 4.78 is 11.1. The largest absolute Gasteiger partial charge is 0.381 e. The summed E-state index contributed by atoms with van der Waals surface area (Å²) in [5.74, 6) is 5.69. The van der Waals surface area contributed by atoms with E-state index in [9.17, 15) is 0 Å². The Hall–Kier alpha value is -0.460. The fraction of sp³-hybridized carbons (Fsp3) is 0.636. The van der Waals surface area contributed by atoms with Crippen molar-refractivity contribution in [3.63, 3.8) is 0 Å². The Morgan fingerprint density at radius 1 is 1.56 bits per heavy atom. The van der Waals surface area contributed by atoms with Crippen molar-refractivity contribution in [1.82, 2.24) is 5.43 Å². The van der Waals surface area contributed by atoms with Gasteiger partial charge in [0, 0.05) is 33.2 Å². The van der Waals surface area contributed by atoms with Crippen LogP contribution in [-0.2, 0) is 9.47 Å². The van der Waals surface area contributed by atoms with Gasteiger partial charge in [0.1, 0.15) is 0 Å². The van der Waals surface area contributed by atoms with E-state index in [1.54, 1.807) is 18.4 Å². The molecule has 1 saturated heterocycles. The molecule has 2 heterocycles. The third-order valence-electron chi connectivity index (χ3n) is 3.31. The van der Waals surface area contributed by atoms with Crippen molar-refractivity contribution < 1.29 is 9.47 Å². The Balaban J connectivity index is 2.23. The lowest BCUT2D eigenvalue weighted by Crippen LogP contribution is -2.51. The van der Waals surface area contributed by atoms with Gasteiger partial charge in [-0.2, -0.15) is 11.3 Å². The SMILES string of the molecule is COC1(C(NN)c2ccsc2)CCOCC1. The van der Waals surface area contributed by atoms with Gasteiger partial charge in [-0.05, 0) is 22.4 Å². The fourth-order valence-electron chi connectivity index (χ4n) is 2.32. The van der Waals surface area contributed by atoms with Crippen molar-refractivity contribution in [2.75, 3.05) is 20.3 Å². The first-order valence-electron chi connectivity index (χ1n) is 5.43. The second kappa shape index (κ2) is 5.25. The van der Waals surface area contributed by atoms with Gasteiger partial charge >= 0.3 is 0 Å². The maximum Gasteiger partial charge on any atom is 0.0929 e. The van der Waals surface area contributed by atoms with E-state index in [0.717, 1.165) is 26.1 Å². The second-order valence-corrected chi connectivity index (χ2v) is 4.82. The topological polar surface area (TPSA) is 56.5 Å². The minimum Gasteiger partial charge on any atom is -0.381 e. The molecule has 0 aromatic carbocycles. The van der Waals surface area contributed by atoms with E-state index < -0.39 is 0 Å². The number of hydrogen-bond acceptors (Lipinski definition) is 5. The Morgan fingerprint density at radius 2 is 2.31 bits per heavy atom. The lowest BCUT2D eigenvalue weighted by atomic mass is 9.83. The second-order valence-electron chi connectivity index (χ2n) is 4.04. The molecule has 1 aromatic rings. The monoisotopic (exact) mass is 242 g/mol. The van der Waals surface area contributed by atoms with Crippen LogP contribution in [0.25, 0.3) is 0 Å². The minimum absolute atomic E-state index is 0.0349. The molecule has 0 saturated carbocycles. The van der Waals surface area contributed by atoms with Crippen molar-refractivity contribution in [2.24, 2.45) is 5.84 Å². The molecule has 1 fully saturated rings. The van der Waals surface area contributed by atoms with E-state index in [1.165, 1.54) is 5.56 Å². The highest BCUT2D eigenvalue weighted by atomic mass is 32.1.